The SMILES string of the molecule is CCCCC(CC)CNC(=O)NCC(C)(C)C. The van der Waals surface area contributed by atoms with Crippen LogP contribution in [-0.4, -0.2) is 19.1 Å². The van der Waals surface area contributed by atoms with Crippen LogP contribution in [0.25, 0.3) is 0 Å². The van der Waals surface area contributed by atoms with Gasteiger partial charge >= 0.3 is 6.03 Å². The van der Waals surface area contributed by atoms with Gasteiger partial charge in [-0.3, -0.25) is 0 Å². The van der Waals surface area contributed by atoms with Crippen molar-refractivity contribution in [1.82, 2.24) is 10.6 Å². The van der Waals surface area contributed by atoms with Crippen LogP contribution in [0.15, 0.2) is 0 Å². The van der Waals surface area contributed by atoms with Gasteiger partial charge in [-0.1, -0.05) is 53.9 Å². The maximum Gasteiger partial charge on any atom is 0.314 e. The van der Waals surface area contributed by atoms with Crippen molar-refractivity contribution in [3.63, 3.8) is 0 Å². The molecule has 0 aromatic heterocycles. The van der Waals surface area contributed by atoms with Crippen molar-refractivity contribution in [1.29, 1.82) is 0 Å². The third-order valence-electron chi connectivity index (χ3n) is 2.87. The Morgan fingerprint density at radius 3 is 2.29 bits per heavy atom. The Hall–Kier alpha value is -0.730. The lowest BCUT2D eigenvalue weighted by molar-refractivity contribution is 0.233. The molecule has 0 saturated carbocycles. The van der Waals surface area contributed by atoms with Gasteiger partial charge in [0.2, 0.25) is 0 Å². The van der Waals surface area contributed by atoms with Crippen molar-refractivity contribution in [2.24, 2.45) is 11.3 Å². The minimum atomic E-state index is -0.0325. The van der Waals surface area contributed by atoms with E-state index in [2.05, 4.69) is 45.3 Å². The quantitative estimate of drug-likeness (QED) is 0.704. The Morgan fingerprint density at radius 2 is 1.82 bits per heavy atom. The Balaban J connectivity index is 3.73. The van der Waals surface area contributed by atoms with Crippen LogP contribution >= 0.6 is 0 Å². The Morgan fingerprint density at radius 1 is 1.18 bits per heavy atom. The number of hydrogen-bond donors (Lipinski definition) is 2. The molecule has 0 heterocycles. The van der Waals surface area contributed by atoms with Gasteiger partial charge in [-0.05, 0) is 17.8 Å². The number of hydrogen-bond acceptors (Lipinski definition) is 1. The zero-order valence-electron chi connectivity index (χ0n) is 12.2. The summed E-state index contributed by atoms with van der Waals surface area (Å²) in [6.07, 6.45) is 4.84. The molecule has 2 N–H and O–H groups in total. The van der Waals surface area contributed by atoms with E-state index >= 15 is 0 Å². The van der Waals surface area contributed by atoms with E-state index in [1.165, 1.54) is 19.3 Å². The number of unbranched alkanes of at least 4 members (excludes halogenated alkanes) is 1. The van der Waals surface area contributed by atoms with Crippen LogP contribution in [0, 0.1) is 11.3 Å². The summed E-state index contributed by atoms with van der Waals surface area (Å²) in [6.45, 7) is 12.2. The first-order valence-corrected chi connectivity index (χ1v) is 6.90. The summed E-state index contributed by atoms with van der Waals surface area (Å²) in [7, 11) is 0. The van der Waals surface area contributed by atoms with E-state index in [-0.39, 0.29) is 11.4 Å². The summed E-state index contributed by atoms with van der Waals surface area (Å²) >= 11 is 0. The summed E-state index contributed by atoms with van der Waals surface area (Å²) in [5, 5.41) is 5.87. The highest BCUT2D eigenvalue weighted by atomic mass is 16.2. The molecular weight excluding hydrogens is 212 g/mol. The van der Waals surface area contributed by atoms with Crippen molar-refractivity contribution < 1.29 is 4.79 Å². The Bertz CT molecular complexity index is 209. The first kappa shape index (κ1) is 16.3. The fourth-order valence-corrected chi connectivity index (χ4v) is 1.59. The van der Waals surface area contributed by atoms with Gasteiger partial charge < -0.3 is 10.6 Å². The average molecular weight is 242 g/mol. The van der Waals surface area contributed by atoms with Crippen molar-refractivity contribution in [2.75, 3.05) is 13.1 Å². The fourth-order valence-electron chi connectivity index (χ4n) is 1.59. The fraction of sp³-hybridized carbons (Fsp3) is 0.929. The van der Waals surface area contributed by atoms with Crippen molar-refractivity contribution in [2.45, 2.75) is 60.3 Å². The molecule has 0 aromatic carbocycles. The predicted octanol–water partition coefficient (Wildman–Crippen LogP) is 3.55. The van der Waals surface area contributed by atoms with E-state index < -0.39 is 0 Å². The topological polar surface area (TPSA) is 41.1 Å². The summed E-state index contributed by atoms with van der Waals surface area (Å²) in [4.78, 5) is 11.6. The van der Waals surface area contributed by atoms with Crippen LogP contribution in [0.3, 0.4) is 0 Å². The summed E-state index contributed by atoms with van der Waals surface area (Å²) in [5.41, 5.74) is 0.143. The maximum absolute atomic E-state index is 11.6. The van der Waals surface area contributed by atoms with Crippen molar-refractivity contribution in [3.8, 4) is 0 Å². The molecule has 3 nitrogen and oxygen atoms in total. The largest absolute Gasteiger partial charge is 0.338 e. The third kappa shape index (κ3) is 10.2. The van der Waals surface area contributed by atoms with Gasteiger partial charge in [-0.25, -0.2) is 4.79 Å². The predicted molar refractivity (Wildman–Crippen MR) is 74.2 cm³/mol. The van der Waals surface area contributed by atoms with Crippen LogP contribution in [0.1, 0.15) is 60.3 Å². The smallest absolute Gasteiger partial charge is 0.314 e. The van der Waals surface area contributed by atoms with Gasteiger partial charge in [-0.15, -0.1) is 0 Å². The van der Waals surface area contributed by atoms with Gasteiger partial charge in [0.05, 0.1) is 0 Å². The molecule has 0 rings (SSSR count). The number of rotatable bonds is 7. The third-order valence-corrected chi connectivity index (χ3v) is 2.87. The molecule has 0 radical (unpaired) electrons. The molecule has 0 aromatic rings. The molecule has 1 unspecified atom stereocenters. The van der Waals surface area contributed by atoms with Crippen LogP contribution in [0.2, 0.25) is 0 Å². The molecule has 1 atom stereocenters. The van der Waals surface area contributed by atoms with Gasteiger partial charge in [-0.2, -0.15) is 0 Å². The second-order valence-electron chi connectivity index (χ2n) is 6.04. The van der Waals surface area contributed by atoms with E-state index in [9.17, 15) is 4.79 Å². The average Bonchev–Trinajstić information content (AvgIpc) is 2.25. The van der Waals surface area contributed by atoms with Crippen LogP contribution in [0.4, 0.5) is 4.79 Å². The van der Waals surface area contributed by atoms with Gasteiger partial charge in [0.15, 0.2) is 0 Å². The molecule has 0 aliphatic carbocycles. The maximum atomic E-state index is 11.6. The van der Waals surface area contributed by atoms with Crippen molar-refractivity contribution >= 4 is 6.03 Å². The van der Waals surface area contributed by atoms with Crippen LogP contribution in [0.5, 0.6) is 0 Å². The number of urea groups is 1. The number of carbonyl (C=O) groups is 1. The summed E-state index contributed by atoms with van der Waals surface area (Å²) < 4.78 is 0. The van der Waals surface area contributed by atoms with Crippen molar-refractivity contribution in [3.05, 3.63) is 0 Å². The molecule has 0 aliphatic rings. The lowest BCUT2D eigenvalue weighted by atomic mass is 9.97. The van der Waals surface area contributed by atoms with E-state index in [4.69, 9.17) is 0 Å². The monoisotopic (exact) mass is 242 g/mol. The molecule has 0 bridgehead atoms. The molecule has 102 valence electrons. The van der Waals surface area contributed by atoms with E-state index in [1.807, 2.05) is 0 Å². The molecule has 3 heteroatoms. The zero-order valence-corrected chi connectivity index (χ0v) is 12.2. The van der Waals surface area contributed by atoms with Gasteiger partial charge in [0.25, 0.3) is 0 Å². The summed E-state index contributed by atoms with van der Waals surface area (Å²) in [6, 6.07) is -0.0325. The standard InChI is InChI=1S/C14H30N2O/c1-6-8-9-12(7-2)10-15-13(17)16-11-14(3,4)5/h12H,6-11H2,1-5H3,(H2,15,16,17). The second kappa shape index (κ2) is 8.37. The minimum Gasteiger partial charge on any atom is -0.338 e. The van der Waals surface area contributed by atoms with Gasteiger partial charge in [0.1, 0.15) is 0 Å². The normalized spacial score (nSPS) is 13.2. The molecule has 0 saturated heterocycles. The minimum absolute atomic E-state index is 0.0325. The molecular formula is C14H30N2O. The van der Waals surface area contributed by atoms with E-state index in [1.54, 1.807) is 0 Å². The first-order chi connectivity index (χ1) is 7.89. The zero-order chi connectivity index (χ0) is 13.3. The lowest BCUT2D eigenvalue weighted by Crippen LogP contribution is -2.41. The second-order valence-corrected chi connectivity index (χ2v) is 6.04. The van der Waals surface area contributed by atoms with Gasteiger partial charge in [0, 0.05) is 13.1 Å². The number of nitrogens with one attached hydrogen (secondary N) is 2. The highest BCUT2D eigenvalue weighted by Gasteiger charge is 2.12. The molecule has 0 aliphatic heterocycles. The number of carbonyl (C=O) groups excluding carboxylic acids is 1. The lowest BCUT2D eigenvalue weighted by Gasteiger charge is -2.20. The first-order valence-electron chi connectivity index (χ1n) is 6.90. The highest BCUT2D eigenvalue weighted by Crippen LogP contribution is 2.11. The molecule has 17 heavy (non-hydrogen) atoms. The number of amides is 2. The summed E-state index contributed by atoms with van der Waals surface area (Å²) in [5.74, 6) is 0.621. The Kier molecular flexibility index (Phi) is 8.01. The van der Waals surface area contributed by atoms with E-state index in [0.717, 1.165) is 13.0 Å². The van der Waals surface area contributed by atoms with Crippen LogP contribution < -0.4 is 10.6 Å². The molecule has 0 spiro atoms. The highest BCUT2D eigenvalue weighted by molar-refractivity contribution is 5.73. The molecule has 0 fully saturated rings. The van der Waals surface area contributed by atoms with Crippen LogP contribution in [-0.2, 0) is 0 Å². The Labute approximate surface area is 107 Å². The van der Waals surface area contributed by atoms with E-state index in [0.29, 0.717) is 12.5 Å². The molecule has 2 amide bonds.